The highest BCUT2D eigenvalue weighted by molar-refractivity contribution is 7.99. The van der Waals surface area contributed by atoms with Crippen molar-refractivity contribution in [2.75, 3.05) is 18.1 Å². The summed E-state index contributed by atoms with van der Waals surface area (Å²) in [5.41, 5.74) is 1.00. The van der Waals surface area contributed by atoms with Crippen LogP contribution in [0.2, 0.25) is 0 Å². The molecular formula is C15H19FO2S. The first kappa shape index (κ1) is 13.3. The Bertz CT molecular complexity index is 457. The van der Waals surface area contributed by atoms with Crippen LogP contribution in [0.5, 0.6) is 5.75 Å². The number of ether oxygens (including phenoxy) is 2. The van der Waals surface area contributed by atoms with Crippen LogP contribution in [0.15, 0.2) is 18.2 Å². The van der Waals surface area contributed by atoms with E-state index >= 15 is 0 Å². The van der Waals surface area contributed by atoms with Gasteiger partial charge in [0, 0.05) is 18.6 Å². The molecule has 2 heterocycles. The Morgan fingerprint density at radius 3 is 3.16 bits per heavy atom. The summed E-state index contributed by atoms with van der Waals surface area (Å²) in [4.78, 5) is 0. The van der Waals surface area contributed by atoms with Crippen molar-refractivity contribution in [1.82, 2.24) is 0 Å². The van der Waals surface area contributed by atoms with E-state index in [0.29, 0.717) is 5.75 Å². The summed E-state index contributed by atoms with van der Waals surface area (Å²) >= 11 is 1.94. The molecule has 0 aromatic heterocycles. The Morgan fingerprint density at radius 1 is 1.47 bits per heavy atom. The zero-order valence-corrected chi connectivity index (χ0v) is 12.0. The fraction of sp³-hybridized carbons (Fsp3) is 0.600. The van der Waals surface area contributed by atoms with Crippen LogP contribution in [0.25, 0.3) is 0 Å². The minimum absolute atomic E-state index is 0.0200. The van der Waals surface area contributed by atoms with Crippen LogP contribution in [-0.4, -0.2) is 29.8 Å². The molecule has 2 nitrogen and oxygen atoms in total. The number of hydrogen-bond acceptors (Lipinski definition) is 3. The minimum atomic E-state index is -0.271. The van der Waals surface area contributed by atoms with Gasteiger partial charge in [0.2, 0.25) is 0 Å². The Labute approximate surface area is 117 Å². The molecule has 2 aliphatic heterocycles. The third kappa shape index (κ3) is 2.90. The lowest BCUT2D eigenvalue weighted by molar-refractivity contribution is -0.0964. The molecule has 2 aliphatic rings. The van der Waals surface area contributed by atoms with Crippen molar-refractivity contribution in [3.63, 3.8) is 0 Å². The molecule has 2 atom stereocenters. The molecule has 4 heteroatoms. The van der Waals surface area contributed by atoms with Crippen LogP contribution in [0.4, 0.5) is 4.39 Å². The highest BCUT2D eigenvalue weighted by Gasteiger charge is 2.41. The van der Waals surface area contributed by atoms with E-state index in [-0.39, 0.29) is 17.5 Å². The summed E-state index contributed by atoms with van der Waals surface area (Å²) in [6, 6.07) is 5.02. The lowest BCUT2D eigenvalue weighted by atomic mass is 9.91. The quantitative estimate of drug-likeness (QED) is 0.826. The number of thioether (sulfide) groups is 1. The molecule has 1 aromatic rings. The van der Waals surface area contributed by atoms with Gasteiger partial charge in [-0.15, -0.1) is 0 Å². The van der Waals surface area contributed by atoms with E-state index in [1.165, 1.54) is 6.07 Å². The molecule has 0 aliphatic carbocycles. The van der Waals surface area contributed by atoms with E-state index in [2.05, 4.69) is 0 Å². The lowest BCUT2D eigenvalue weighted by Gasteiger charge is -2.37. The minimum Gasteiger partial charge on any atom is -0.487 e. The van der Waals surface area contributed by atoms with Gasteiger partial charge < -0.3 is 9.47 Å². The van der Waals surface area contributed by atoms with Gasteiger partial charge in [-0.1, -0.05) is 6.07 Å². The van der Waals surface area contributed by atoms with E-state index in [4.69, 9.17) is 9.47 Å². The highest BCUT2D eigenvalue weighted by atomic mass is 32.2. The van der Waals surface area contributed by atoms with Crippen molar-refractivity contribution in [2.24, 2.45) is 0 Å². The average Bonchev–Trinajstić information content (AvgIpc) is 2.82. The van der Waals surface area contributed by atoms with E-state index in [9.17, 15) is 4.39 Å². The zero-order chi connectivity index (χ0) is 13.3. The maximum absolute atomic E-state index is 13.7. The first-order valence-electron chi connectivity index (χ1n) is 6.81. The maximum Gasteiger partial charge on any atom is 0.165 e. The molecule has 104 valence electrons. The smallest absolute Gasteiger partial charge is 0.165 e. The molecule has 0 amide bonds. The van der Waals surface area contributed by atoms with Crippen molar-refractivity contribution >= 4 is 11.8 Å². The molecule has 0 radical (unpaired) electrons. The second kappa shape index (κ2) is 5.33. The third-order valence-corrected chi connectivity index (χ3v) is 5.12. The van der Waals surface area contributed by atoms with E-state index in [1.54, 1.807) is 12.1 Å². The summed E-state index contributed by atoms with van der Waals surface area (Å²) in [7, 11) is 0. The van der Waals surface area contributed by atoms with Crippen LogP contribution < -0.4 is 4.74 Å². The molecule has 2 unspecified atom stereocenters. The van der Waals surface area contributed by atoms with Crippen LogP contribution in [-0.2, 0) is 4.74 Å². The average molecular weight is 282 g/mol. The summed E-state index contributed by atoms with van der Waals surface area (Å²) in [6.45, 7) is 2.67. The Hall–Kier alpha value is -0.740. The van der Waals surface area contributed by atoms with Crippen molar-refractivity contribution in [3.8, 4) is 5.75 Å². The Morgan fingerprint density at radius 2 is 2.37 bits per heavy atom. The molecule has 1 aromatic carbocycles. The standard InChI is InChI=1S/C15H19FO2S/c1-11-2-3-13(16)14(8-11)18-12-4-6-17-15(9-12)5-7-19-10-15/h2-3,8,12H,4-7,9-10H2,1H3. The Kier molecular flexibility index (Phi) is 3.72. The molecule has 0 saturated carbocycles. The van der Waals surface area contributed by atoms with Gasteiger partial charge in [-0.2, -0.15) is 11.8 Å². The van der Waals surface area contributed by atoms with Crippen LogP contribution in [0, 0.1) is 12.7 Å². The number of aryl methyl sites for hydroxylation is 1. The SMILES string of the molecule is Cc1ccc(F)c(OC2CCOC3(CCSC3)C2)c1. The fourth-order valence-electron chi connectivity index (χ4n) is 2.83. The van der Waals surface area contributed by atoms with Crippen LogP contribution >= 0.6 is 11.8 Å². The van der Waals surface area contributed by atoms with Gasteiger partial charge in [-0.25, -0.2) is 4.39 Å². The van der Waals surface area contributed by atoms with Gasteiger partial charge in [0.15, 0.2) is 11.6 Å². The third-order valence-electron chi connectivity index (χ3n) is 3.90. The summed E-state index contributed by atoms with van der Waals surface area (Å²) < 4.78 is 25.6. The predicted molar refractivity (Wildman–Crippen MR) is 75.4 cm³/mol. The maximum atomic E-state index is 13.7. The number of rotatable bonds is 2. The fourth-order valence-corrected chi connectivity index (χ4v) is 4.21. The zero-order valence-electron chi connectivity index (χ0n) is 11.2. The number of halogens is 1. The van der Waals surface area contributed by atoms with Gasteiger partial charge in [-0.3, -0.25) is 0 Å². The summed E-state index contributed by atoms with van der Waals surface area (Å²) in [6.07, 6.45) is 2.89. The molecule has 3 rings (SSSR count). The second-order valence-corrected chi connectivity index (χ2v) is 6.61. The van der Waals surface area contributed by atoms with Crippen molar-refractivity contribution < 1.29 is 13.9 Å². The van der Waals surface area contributed by atoms with E-state index < -0.39 is 0 Å². The molecule has 0 bridgehead atoms. The molecule has 19 heavy (non-hydrogen) atoms. The first-order valence-corrected chi connectivity index (χ1v) is 7.97. The second-order valence-electron chi connectivity index (χ2n) is 5.50. The van der Waals surface area contributed by atoms with E-state index in [1.807, 2.05) is 18.7 Å². The van der Waals surface area contributed by atoms with Crippen molar-refractivity contribution in [1.29, 1.82) is 0 Å². The summed E-state index contributed by atoms with van der Waals surface area (Å²) in [5, 5.41) is 0. The molecule has 1 spiro atoms. The molecule has 2 saturated heterocycles. The molecular weight excluding hydrogens is 263 g/mol. The summed E-state index contributed by atoms with van der Waals surface area (Å²) in [5.74, 6) is 2.31. The topological polar surface area (TPSA) is 18.5 Å². The van der Waals surface area contributed by atoms with Crippen molar-refractivity contribution in [3.05, 3.63) is 29.6 Å². The van der Waals surface area contributed by atoms with Gasteiger partial charge in [0.25, 0.3) is 0 Å². The number of hydrogen-bond donors (Lipinski definition) is 0. The normalized spacial score (nSPS) is 30.7. The first-order chi connectivity index (χ1) is 9.17. The number of benzene rings is 1. The van der Waals surface area contributed by atoms with Crippen LogP contribution in [0.3, 0.4) is 0 Å². The molecule has 0 N–H and O–H groups in total. The monoisotopic (exact) mass is 282 g/mol. The van der Waals surface area contributed by atoms with Crippen molar-refractivity contribution in [2.45, 2.75) is 37.9 Å². The van der Waals surface area contributed by atoms with Gasteiger partial charge in [-0.05, 0) is 36.8 Å². The lowest BCUT2D eigenvalue weighted by Crippen LogP contribution is -2.43. The largest absolute Gasteiger partial charge is 0.487 e. The predicted octanol–water partition coefficient (Wildman–Crippen LogP) is 3.57. The molecule has 2 fully saturated rings. The van der Waals surface area contributed by atoms with Gasteiger partial charge in [0.05, 0.1) is 12.2 Å². The van der Waals surface area contributed by atoms with Crippen LogP contribution in [0.1, 0.15) is 24.8 Å². The van der Waals surface area contributed by atoms with Gasteiger partial charge in [0.1, 0.15) is 6.10 Å². The van der Waals surface area contributed by atoms with Gasteiger partial charge >= 0.3 is 0 Å². The van der Waals surface area contributed by atoms with E-state index in [0.717, 1.165) is 42.9 Å². The highest BCUT2D eigenvalue weighted by Crippen LogP contribution is 2.39. The Balaban J connectivity index is 1.70.